The highest BCUT2D eigenvalue weighted by Gasteiger charge is 2.19. The highest BCUT2D eigenvalue weighted by Crippen LogP contribution is 2.15. The molecule has 1 unspecified atom stereocenters. The third kappa shape index (κ3) is 3.00. The van der Waals surface area contributed by atoms with Gasteiger partial charge in [-0.15, -0.1) is 0 Å². The Morgan fingerprint density at radius 3 is 2.82 bits per heavy atom. The lowest BCUT2D eigenvalue weighted by Gasteiger charge is -2.23. The van der Waals surface area contributed by atoms with E-state index in [0.717, 1.165) is 38.8 Å². The van der Waals surface area contributed by atoms with Crippen molar-refractivity contribution in [1.29, 1.82) is 0 Å². The van der Waals surface area contributed by atoms with Crippen LogP contribution in [0.1, 0.15) is 30.1 Å². The maximum Gasteiger partial charge on any atom is 0.225 e. The predicted octanol–water partition coefficient (Wildman–Crippen LogP) is 1.29. The maximum atomic E-state index is 10.5. The molecule has 1 fully saturated rings. The van der Waals surface area contributed by atoms with E-state index in [9.17, 15) is 4.79 Å². The zero-order chi connectivity index (χ0) is 12.1. The Morgan fingerprint density at radius 1 is 1.53 bits per heavy atom. The molecule has 0 saturated carbocycles. The summed E-state index contributed by atoms with van der Waals surface area (Å²) in [5, 5.41) is 0. The molecule has 1 aromatic heterocycles. The number of anilines is 1. The van der Waals surface area contributed by atoms with Gasteiger partial charge in [-0.25, -0.2) is 9.97 Å². The summed E-state index contributed by atoms with van der Waals surface area (Å²) in [6.45, 7) is 4.57. The minimum absolute atomic E-state index is 0.282. The molecule has 0 bridgehead atoms. The fourth-order valence-corrected chi connectivity index (χ4v) is 1.94. The number of aldehydes is 1. The smallest absolute Gasteiger partial charge is 0.225 e. The van der Waals surface area contributed by atoms with Crippen LogP contribution in [0.4, 0.5) is 5.95 Å². The minimum Gasteiger partial charge on any atom is -0.376 e. The van der Waals surface area contributed by atoms with Crippen LogP contribution in [0, 0.1) is 0 Å². The second kappa shape index (κ2) is 5.72. The first kappa shape index (κ1) is 12.0. The van der Waals surface area contributed by atoms with Crippen molar-refractivity contribution in [3.8, 4) is 0 Å². The molecule has 2 heterocycles. The molecule has 0 radical (unpaired) electrons. The number of aromatic nitrogens is 2. The lowest BCUT2D eigenvalue weighted by atomic mass is 10.2. The Kier molecular flexibility index (Phi) is 4.03. The molecule has 1 aliphatic rings. The van der Waals surface area contributed by atoms with Crippen molar-refractivity contribution in [1.82, 2.24) is 9.97 Å². The molecule has 0 aromatic carbocycles. The normalized spacial score (nSPS) is 19.2. The van der Waals surface area contributed by atoms with E-state index in [1.807, 2.05) is 0 Å². The topological polar surface area (TPSA) is 55.3 Å². The summed E-state index contributed by atoms with van der Waals surface area (Å²) in [6, 6.07) is 0. The number of hydrogen-bond acceptors (Lipinski definition) is 5. The average Bonchev–Trinajstić information content (AvgIpc) is 2.89. The average molecular weight is 235 g/mol. The molecule has 17 heavy (non-hydrogen) atoms. The summed E-state index contributed by atoms with van der Waals surface area (Å²) in [4.78, 5) is 21.0. The lowest BCUT2D eigenvalue weighted by Crippen LogP contribution is -2.33. The van der Waals surface area contributed by atoms with Crippen molar-refractivity contribution < 1.29 is 9.53 Å². The lowest BCUT2D eigenvalue weighted by molar-refractivity contribution is 0.112. The van der Waals surface area contributed by atoms with Gasteiger partial charge in [-0.3, -0.25) is 4.79 Å². The first-order chi connectivity index (χ1) is 8.33. The van der Waals surface area contributed by atoms with E-state index in [-0.39, 0.29) is 6.10 Å². The van der Waals surface area contributed by atoms with Gasteiger partial charge in [-0.05, 0) is 19.8 Å². The van der Waals surface area contributed by atoms with Gasteiger partial charge in [0.1, 0.15) is 0 Å². The summed E-state index contributed by atoms with van der Waals surface area (Å²) in [6.07, 6.45) is 6.36. The Balaban J connectivity index is 2.02. The molecule has 5 heteroatoms. The molecule has 0 spiro atoms. The Labute approximate surface area is 101 Å². The van der Waals surface area contributed by atoms with Gasteiger partial charge < -0.3 is 9.64 Å². The zero-order valence-electron chi connectivity index (χ0n) is 10.0. The largest absolute Gasteiger partial charge is 0.376 e. The van der Waals surface area contributed by atoms with Crippen molar-refractivity contribution >= 4 is 12.2 Å². The standard InChI is InChI=1S/C12H17N3O2/c1-2-15(8-11-4-3-5-17-11)12-13-6-10(9-16)7-14-12/h6-7,9,11H,2-5,8H2,1H3. The molecular weight excluding hydrogens is 218 g/mol. The van der Waals surface area contributed by atoms with E-state index in [1.54, 1.807) is 12.4 Å². The summed E-state index contributed by atoms with van der Waals surface area (Å²) in [5.41, 5.74) is 0.502. The summed E-state index contributed by atoms with van der Waals surface area (Å²) in [7, 11) is 0. The molecule has 2 rings (SSSR count). The van der Waals surface area contributed by atoms with E-state index in [4.69, 9.17) is 4.74 Å². The fourth-order valence-electron chi connectivity index (χ4n) is 1.94. The van der Waals surface area contributed by atoms with Crippen LogP contribution in [0.15, 0.2) is 12.4 Å². The molecule has 92 valence electrons. The quantitative estimate of drug-likeness (QED) is 0.720. The first-order valence-corrected chi connectivity index (χ1v) is 5.97. The summed E-state index contributed by atoms with van der Waals surface area (Å²) >= 11 is 0. The van der Waals surface area contributed by atoms with Gasteiger partial charge in [-0.2, -0.15) is 0 Å². The number of hydrogen-bond donors (Lipinski definition) is 0. The number of carbonyl (C=O) groups is 1. The van der Waals surface area contributed by atoms with E-state index >= 15 is 0 Å². The van der Waals surface area contributed by atoms with Gasteiger partial charge in [0.05, 0.1) is 11.7 Å². The van der Waals surface area contributed by atoms with Crippen molar-refractivity contribution in [2.24, 2.45) is 0 Å². The van der Waals surface area contributed by atoms with Crippen LogP contribution in [0.3, 0.4) is 0 Å². The molecule has 1 aromatic rings. The molecule has 0 amide bonds. The monoisotopic (exact) mass is 235 g/mol. The highest BCUT2D eigenvalue weighted by molar-refractivity contribution is 5.73. The van der Waals surface area contributed by atoms with E-state index in [2.05, 4.69) is 21.8 Å². The van der Waals surface area contributed by atoms with Crippen LogP contribution in [-0.2, 0) is 4.74 Å². The van der Waals surface area contributed by atoms with Crippen molar-refractivity contribution in [3.63, 3.8) is 0 Å². The Bertz CT molecular complexity index is 361. The van der Waals surface area contributed by atoms with Crippen LogP contribution >= 0.6 is 0 Å². The van der Waals surface area contributed by atoms with Gasteiger partial charge in [0.15, 0.2) is 6.29 Å². The molecule has 0 N–H and O–H groups in total. The van der Waals surface area contributed by atoms with Crippen LogP contribution in [0.5, 0.6) is 0 Å². The second-order valence-electron chi connectivity index (χ2n) is 4.11. The molecular formula is C12H17N3O2. The third-order valence-electron chi connectivity index (χ3n) is 2.91. The van der Waals surface area contributed by atoms with Crippen LogP contribution < -0.4 is 4.90 Å². The maximum absolute atomic E-state index is 10.5. The molecule has 1 saturated heterocycles. The third-order valence-corrected chi connectivity index (χ3v) is 2.91. The number of ether oxygens (including phenoxy) is 1. The number of likely N-dealkylation sites (N-methyl/N-ethyl adjacent to an activating group) is 1. The van der Waals surface area contributed by atoms with Crippen molar-refractivity contribution in [3.05, 3.63) is 18.0 Å². The van der Waals surface area contributed by atoms with Gasteiger partial charge in [-0.1, -0.05) is 0 Å². The fraction of sp³-hybridized carbons (Fsp3) is 0.583. The van der Waals surface area contributed by atoms with Crippen LogP contribution in [0.25, 0.3) is 0 Å². The molecule has 0 aliphatic carbocycles. The molecule has 5 nitrogen and oxygen atoms in total. The van der Waals surface area contributed by atoms with Gasteiger partial charge >= 0.3 is 0 Å². The SMILES string of the molecule is CCN(CC1CCCO1)c1ncc(C=O)cn1. The highest BCUT2D eigenvalue weighted by atomic mass is 16.5. The second-order valence-corrected chi connectivity index (χ2v) is 4.11. The van der Waals surface area contributed by atoms with Gasteiger partial charge in [0, 0.05) is 32.1 Å². The summed E-state index contributed by atoms with van der Waals surface area (Å²) in [5.74, 6) is 0.661. The van der Waals surface area contributed by atoms with Gasteiger partial charge in [0.2, 0.25) is 5.95 Å². The van der Waals surface area contributed by atoms with Gasteiger partial charge in [0.25, 0.3) is 0 Å². The van der Waals surface area contributed by atoms with E-state index < -0.39 is 0 Å². The Hall–Kier alpha value is -1.49. The van der Waals surface area contributed by atoms with E-state index in [0.29, 0.717) is 11.5 Å². The van der Waals surface area contributed by atoms with Crippen molar-refractivity contribution in [2.75, 3.05) is 24.6 Å². The van der Waals surface area contributed by atoms with Crippen LogP contribution in [-0.4, -0.2) is 42.1 Å². The first-order valence-electron chi connectivity index (χ1n) is 5.97. The zero-order valence-corrected chi connectivity index (χ0v) is 10.0. The summed E-state index contributed by atoms with van der Waals surface area (Å²) < 4.78 is 5.60. The number of rotatable bonds is 5. The predicted molar refractivity (Wildman–Crippen MR) is 64.3 cm³/mol. The minimum atomic E-state index is 0.282. The number of nitrogens with zero attached hydrogens (tertiary/aromatic N) is 3. The number of carbonyl (C=O) groups excluding carboxylic acids is 1. The van der Waals surface area contributed by atoms with Crippen molar-refractivity contribution in [2.45, 2.75) is 25.9 Å². The Morgan fingerprint density at radius 2 is 2.29 bits per heavy atom. The molecule has 1 aliphatic heterocycles. The van der Waals surface area contributed by atoms with Crippen LogP contribution in [0.2, 0.25) is 0 Å². The molecule has 1 atom stereocenters. The van der Waals surface area contributed by atoms with E-state index in [1.165, 1.54) is 0 Å².